The van der Waals surface area contributed by atoms with Crippen LogP contribution in [-0.2, 0) is 16.4 Å². The summed E-state index contributed by atoms with van der Waals surface area (Å²) < 4.78 is 27.7. The normalized spacial score (nSPS) is 14.3. The van der Waals surface area contributed by atoms with Crippen LogP contribution in [-0.4, -0.2) is 56.1 Å². The largest absolute Gasteiger partial charge is 0.396 e. The SMILES string of the molecule is CCCCCc1cc2c(C#CCCCNC)cc(-c3cccc(S(=O)(=O)N4CC(CO)C4)c3)cc2nc1N. The summed E-state index contributed by atoms with van der Waals surface area (Å²) in [4.78, 5) is 4.99. The first-order chi connectivity index (χ1) is 18.4. The van der Waals surface area contributed by atoms with Crippen LogP contribution in [0.2, 0.25) is 0 Å². The number of fused-ring (bicyclic) bond motifs is 1. The number of benzene rings is 2. The minimum Gasteiger partial charge on any atom is -0.396 e. The fourth-order valence-corrected chi connectivity index (χ4v) is 6.34. The molecule has 0 atom stereocenters. The molecule has 202 valence electrons. The first kappa shape index (κ1) is 28.1. The maximum atomic E-state index is 13.1. The quantitative estimate of drug-likeness (QED) is 0.252. The Morgan fingerprint density at radius 3 is 2.68 bits per heavy atom. The second kappa shape index (κ2) is 12.7. The summed E-state index contributed by atoms with van der Waals surface area (Å²) in [7, 11) is -1.69. The van der Waals surface area contributed by atoms with E-state index >= 15 is 0 Å². The Kier molecular flexibility index (Phi) is 9.40. The van der Waals surface area contributed by atoms with Crippen LogP contribution in [0.5, 0.6) is 0 Å². The summed E-state index contributed by atoms with van der Waals surface area (Å²) in [5, 5.41) is 13.4. The van der Waals surface area contributed by atoms with Gasteiger partial charge in [-0.1, -0.05) is 43.7 Å². The maximum absolute atomic E-state index is 13.1. The van der Waals surface area contributed by atoms with Gasteiger partial charge >= 0.3 is 0 Å². The summed E-state index contributed by atoms with van der Waals surface area (Å²) in [6.07, 6.45) is 5.97. The predicted octanol–water partition coefficient (Wildman–Crippen LogP) is 4.18. The number of aliphatic hydroxyl groups is 1. The van der Waals surface area contributed by atoms with Crippen molar-refractivity contribution in [2.24, 2.45) is 5.92 Å². The molecule has 0 unspecified atom stereocenters. The van der Waals surface area contributed by atoms with Gasteiger partial charge in [-0.2, -0.15) is 4.31 Å². The van der Waals surface area contributed by atoms with Gasteiger partial charge in [0.25, 0.3) is 0 Å². The van der Waals surface area contributed by atoms with Gasteiger partial charge < -0.3 is 16.2 Å². The van der Waals surface area contributed by atoms with Crippen molar-refractivity contribution in [3.63, 3.8) is 0 Å². The van der Waals surface area contributed by atoms with E-state index in [1.807, 2.05) is 25.2 Å². The van der Waals surface area contributed by atoms with E-state index in [4.69, 9.17) is 10.7 Å². The van der Waals surface area contributed by atoms with Gasteiger partial charge in [-0.3, -0.25) is 0 Å². The zero-order valence-corrected chi connectivity index (χ0v) is 23.2. The number of anilines is 1. The topological polar surface area (TPSA) is 109 Å². The number of nitrogens with two attached hydrogens (primary N) is 1. The van der Waals surface area contributed by atoms with Crippen LogP contribution in [0.3, 0.4) is 0 Å². The van der Waals surface area contributed by atoms with Crippen LogP contribution in [0, 0.1) is 17.8 Å². The van der Waals surface area contributed by atoms with Crippen molar-refractivity contribution in [3.05, 3.63) is 53.6 Å². The van der Waals surface area contributed by atoms with Gasteiger partial charge in [0.05, 0.1) is 10.4 Å². The van der Waals surface area contributed by atoms with Gasteiger partial charge in [0.1, 0.15) is 5.82 Å². The summed E-state index contributed by atoms with van der Waals surface area (Å²) in [5.41, 5.74) is 10.6. The second-order valence-electron chi connectivity index (χ2n) is 9.99. The molecule has 0 saturated carbocycles. The number of sulfonamides is 1. The highest BCUT2D eigenvalue weighted by atomic mass is 32.2. The number of pyridine rings is 1. The van der Waals surface area contributed by atoms with E-state index in [1.54, 1.807) is 18.2 Å². The third-order valence-electron chi connectivity index (χ3n) is 7.03. The Bertz CT molecular complexity index is 1440. The highest BCUT2D eigenvalue weighted by Gasteiger charge is 2.36. The first-order valence-corrected chi connectivity index (χ1v) is 14.9. The Morgan fingerprint density at radius 1 is 1.13 bits per heavy atom. The average Bonchev–Trinajstić information content (AvgIpc) is 2.88. The number of aromatic nitrogens is 1. The number of nitrogens with one attached hydrogen (secondary N) is 1. The molecule has 1 fully saturated rings. The molecule has 0 aliphatic carbocycles. The van der Waals surface area contributed by atoms with Crippen LogP contribution < -0.4 is 11.1 Å². The molecule has 2 heterocycles. The molecule has 0 spiro atoms. The van der Waals surface area contributed by atoms with Crippen molar-refractivity contribution < 1.29 is 13.5 Å². The number of rotatable bonds is 11. The predicted molar refractivity (Wildman–Crippen MR) is 154 cm³/mol. The van der Waals surface area contributed by atoms with E-state index in [1.165, 1.54) is 4.31 Å². The molecule has 3 aromatic rings. The molecule has 0 bridgehead atoms. The molecule has 2 aromatic carbocycles. The second-order valence-corrected chi connectivity index (χ2v) is 11.9. The molecule has 1 aliphatic rings. The zero-order chi connectivity index (χ0) is 27.1. The van der Waals surface area contributed by atoms with Gasteiger partial charge in [0.15, 0.2) is 0 Å². The van der Waals surface area contributed by atoms with Crippen molar-refractivity contribution in [1.29, 1.82) is 0 Å². The molecule has 38 heavy (non-hydrogen) atoms. The number of hydrogen-bond donors (Lipinski definition) is 3. The summed E-state index contributed by atoms with van der Waals surface area (Å²) in [5.74, 6) is 7.19. The smallest absolute Gasteiger partial charge is 0.243 e. The van der Waals surface area contributed by atoms with Gasteiger partial charge in [0.2, 0.25) is 10.0 Å². The Morgan fingerprint density at radius 2 is 1.95 bits per heavy atom. The highest BCUT2D eigenvalue weighted by Crippen LogP contribution is 2.32. The van der Waals surface area contributed by atoms with Gasteiger partial charge in [-0.15, -0.1) is 0 Å². The van der Waals surface area contributed by atoms with Crippen LogP contribution in [0.25, 0.3) is 22.0 Å². The third-order valence-corrected chi connectivity index (χ3v) is 8.86. The number of hydrogen-bond acceptors (Lipinski definition) is 6. The lowest BCUT2D eigenvalue weighted by molar-refractivity contribution is 0.117. The summed E-state index contributed by atoms with van der Waals surface area (Å²) in [6, 6.07) is 13.1. The number of nitrogens with zero attached hydrogens (tertiary/aromatic N) is 2. The number of unbranched alkanes of at least 4 members (excludes halogenated alkanes) is 3. The standard InChI is InChI=1S/C30H38N4O3S/c1-3-4-6-11-25-17-28-24(10-7-5-8-14-32-2)15-26(18-29(28)33-30(25)31)23-12-9-13-27(16-23)38(36,37)34-19-22(20-34)21-35/h9,12-13,15-18,22,32,35H,3-6,8,11,14,19-21H2,1-2H3,(H2,31,33). The van der Waals surface area contributed by atoms with E-state index in [-0.39, 0.29) is 17.4 Å². The Labute approximate surface area is 226 Å². The van der Waals surface area contributed by atoms with Gasteiger partial charge in [-0.05, 0) is 79.9 Å². The number of aryl methyl sites for hydroxylation is 1. The van der Waals surface area contributed by atoms with Crippen molar-refractivity contribution in [2.75, 3.05) is 39.0 Å². The lowest BCUT2D eigenvalue weighted by atomic mass is 9.97. The van der Waals surface area contributed by atoms with Crippen LogP contribution in [0.15, 0.2) is 47.4 Å². The summed E-state index contributed by atoms with van der Waals surface area (Å²) >= 11 is 0. The van der Waals surface area contributed by atoms with E-state index < -0.39 is 10.0 Å². The molecule has 1 aliphatic heterocycles. The fraction of sp³-hybridized carbons (Fsp3) is 0.433. The van der Waals surface area contributed by atoms with Crippen LogP contribution in [0.4, 0.5) is 5.82 Å². The summed E-state index contributed by atoms with van der Waals surface area (Å²) in [6.45, 7) is 3.78. The van der Waals surface area contributed by atoms with Crippen LogP contribution >= 0.6 is 0 Å². The lowest BCUT2D eigenvalue weighted by Gasteiger charge is -2.36. The Hall–Kier alpha value is -2.96. The minimum atomic E-state index is -3.62. The highest BCUT2D eigenvalue weighted by molar-refractivity contribution is 7.89. The molecule has 8 heteroatoms. The minimum absolute atomic E-state index is 0.00162. The Balaban J connectivity index is 1.74. The van der Waals surface area contributed by atoms with Gasteiger partial charge in [0, 0.05) is 43.0 Å². The molecule has 4 rings (SSSR count). The molecule has 1 saturated heterocycles. The molecule has 4 N–H and O–H groups in total. The average molecular weight is 535 g/mol. The number of nitrogen functional groups attached to an aromatic ring is 1. The molecule has 1 aromatic heterocycles. The lowest BCUT2D eigenvalue weighted by Crippen LogP contribution is -2.51. The van der Waals surface area contributed by atoms with Crippen molar-refractivity contribution in [2.45, 2.75) is 50.3 Å². The number of aliphatic hydroxyl groups excluding tert-OH is 1. The third kappa shape index (κ3) is 6.36. The van der Waals surface area contributed by atoms with Crippen molar-refractivity contribution in [1.82, 2.24) is 14.6 Å². The monoisotopic (exact) mass is 534 g/mol. The fourth-order valence-electron chi connectivity index (χ4n) is 4.70. The van der Waals surface area contributed by atoms with E-state index in [0.717, 1.165) is 78.2 Å². The first-order valence-electron chi connectivity index (χ1n) is 13.5. The van der Waals surface area contributed by atoms with E-state index in [2.05, 4.69) is 30.1 Å². The maximum Gasteiger partial charge on any atom is 0.243 e. The molecule has 0 amide bonds. The van der Waals surface area contributed by atoms with Gasteiger partial charge in [-0.25, -0.2) is 13.4 Å². The molecular weight excluding hydrogens is 496 g/mol. The van der Waals surface area contributed by atoms with E-state index in [0.29, 0.717) is 18.9 Å². The zero-order valence-electron chi connectivity index (χ0n) is 22.3. The molecular formula is C30H38N4O3S. The van der Waals surface area contributed by atoms with Crippen molar-refractivity contribution >= 4 is 26.7 Å². The van der Waals surface area contributed by atoms with E-state index in [9.17, 15) is 13.5 Å². The van der Waals surface area contributed by atoms with Crippen LogP contribution in [0.1, 0.15) is 50.2 Å². The molecule has 0 radical (unpaired) electrons. The molecule has 7 nitrogen and oxygen atoms in total. The van der Waals surface area contributed by atoms with Crippen molar-refractivity contribution in [3.8, 4) is 23.0 Å².